The number of methoxy groups -OCH3 is 2. The van der Waals surface area contributed by atoms with Crippen LogP contribution in [0.1, 0.15) is 22.7 Å². The summed E-state index contributed by atoms with van der Waals surface area (Å²) < 4.78 is 12.4. The van der Waals surface area contributed by atoms with Crippen LogP contribution in [0.25, 0.3) is 10.9 Å². The van der Waals surface area contributed by atoms with Crippen LogP contribution in [0.4, 0.5) is 0 Å². The predicted molar refractivity (Wildman–Crippen MR) is 146 cm³/mol. The number of hydrogen-bond acceptors (Lipinski definition) is 5. The molecular weight excluding hydrogens is 502 g/mol. The van der Waals surface area contributed by atoms with Gasteiger partial charge in [0.25, 0.3) is 0 Å². The Morgan fingerprint density at radius 1 is 0.857 bits per heavy atom. The second kappa shape index (κ2) is 11.7. The van der Waals surface area contributed by atoms with E-state index in [0.29, 0.717) is 5.88 Å². The highest BCUT2D eigenvalue weighted by Crippen LogP contribution is 2.37. The molecule has 0 fully saturated rings. The highest BCUT2D eigenvalue weighted by Gasteiger charge is 2.27. The topological polar surface area (TPSA) is 37.8 Å². The average molecular weight is 534 g/mol. The van der Waals surface area contributed by atoms with Gasteiger partial charge in [-0.3, -0.25) is 4.90 Å². The smallest absolute Gasteiger partial charge is 0.218 e. The lowest BCUT2D eigenvalue weighted by Crippen LogP contribution is -2.35. The highest BCUT2D eigenvalue weighted by molar-refractivity contribution is 9.10. The van der Waals surface area contributed by atoms with Gasteiger partial charge in [0.2, 0.25) is 5.88 Å². The number of benzene rings is 3. The number of aromatic nitrogens is 1. The minimum absolute atomic E-state index is 0.0480. The van der Waals surface area contributed by atoms with E-state index in [2.05, 4.69) is 94.4 Å². The van der Waals surface area contributed by atoms with Crippen molar-refractivity contribution in [2.45, 2.75) is 12.6 Å². The van der Waals surface area contributed by atoms with E-state index in [1.54, 1.807) is 14.2 Å². The zero-order valence-electron chi connectivity index (χ0n) is 20.7. The van der Waals surface area contributed by atoms with Crippen LogP contribution in [0.3, 0.4) is 0 Å². The first-order valence-electron chi connectivity index (χ1n) is 11.7. The van der Waals surface area contributed by atoms with Gasteiger partial charge in [-0.15, -0.1) is 0 Å². The van der Waals surface area contributed by atoms with Crippen molar-refractivity contribution in [1.82, 2.24) is 14.8 Å². The largest absolute Gasteiger partial charge is 0.497 e. The molecule has 4 aromatic rings. The molecule has 35 heavy (non-hydrogen) atoms. The van der Waals surface area contributed by atoms with Crippen molar-refractivity contribution in [2.75, 3.05) is 41.4 Å². The number of fused-ring (bicyclic) bond motifs is 1. The van der Waals surface area contributed by atoms with E-state index in [4.69, 9.17) is 14.5 Å². The van der Waals surface area contributed by atoms with Crippen molar-refractivity contribution in [1.29, 1.82) is 0 Å². The molecule has 0 N–H and O–H groups in total. The fraction of sp³-hybridized carbons (Fsp3) is 0.276. The van der Waals surface area contributed by atoms with E-state index in [1.807, 2.05) is 24.3 Å². The Morgan fingerprint density at radius 3 is 2.37 bits per heavy atom. The Bertz CT molecular complexity index is 1260. The van der Waals surface area contributed by atoms with Crippen LogP contribution >= 0.6 is 15.9 Å². The number of hydrogen-bond donors (Lipinski definition) is 0. The van der Waals surface area contributed by atoms with E-state index < -0.39 is 0 Å². The Balaban J connectivity index is 1.87. The molecule has 1 atom stereocenters. The maximum atomic E-state index is 5.87. The van der Waals surface area contributed by atoms with Crippen LogP contribution in [0.5, 0.6) is 11.6 Å². The summed E-state index contributed by atoms with van der Waals surface area (Å²) in [4.78, 5) is 9.60. The first-order chi connectivity index (χ1) is 17.0. The van der Waals surface area contributed by atoms with E-state index in [1.165, 1.54) is 11.1 Å². The van der Waals surface area contributed by atoms with Gasteiger partial charge in [-0.25, -0.2) is 4.98 Å². The molecule has 4 rings (SSSR count). The molecule has 182 valence electrons. The van der Waals surface area contributed by atoms with E-state index in [9.17, 15) is 0 Å². The Hall–Kier alpha value is -2.93. The monoisotopic (exact) mass is 533 g/mol. The second-order valence-electron chi connectivity index (χ2n) is 8.86. The van der Waals surface area contributed by atoms with Crippen molar-refractivity contribution < 1.29 is 9.47 Å². The van der Waals surface area contributed by atoms with Gasteiger partial charge in [0.05, 0.1) is 25.8 Å². The van der Waals surface area contributed by atoms with Crippen molar-refractivity contribution in [2.24, 2.45) is 0 Å². The minimum atomic E-state index is -0.0480. The minimum Gasteiger partial charge on any atom is -0.497 e. The predicted octanol–water partition coefficient (Wildman–Crippen LogP) is 6.17. The molecule has 0 saturated heterocycles. The molecule has 0 saturated carbocycles. The Morgan fingerprint density at radius 2 is 1.66 bits per heavy atom. The summed E-state index contributed by atoms with van der Waals surface area (Å²) in [5.41, 5.74) is 4.35. The zero-order chi connectivity index (χ0) is 24.8. The molecule has 1 heterocycles. The van der Waals surface area contributed by atoms with Gasteiger partial charge in [-0.1, -0.05) is 58.4 Å². The first-order valence-corrected chi connectivity index (χ1v) is 12.5. The fourth-order valence-corrected chi connectivity index (χ4v) is 4.74. The molecule has 0 bridgehead atoms. The molecule has 1 unspecified atom stereocenters. The molecule has 5 nitrogen and oxygen atoms in total. The molecule has 6 heteroatoms. The summed E-state index contributed by atoms with van der Waals surface area (Å²) in [5, 5.41) is 1.07. The molecule has 0 aliphatic heterocycles. The SMILES string of the molecule is COc1cccc(CN(CCN(C)C)C(c2ccccc2)c2cc3cc(Br)ccc3nc2OC)c1. The van der Waals surface area contributed by atoms with Gasteiger partial charge in [0.15, 0.2) is 0 Å². The molecule has 0 aliphatic carbocycles. The average Bonchev–Trinajstić information content (AvgIpc) is 2.87. The summed E-state index contributed by atoms with van der Waals surface area (Å²) >= 11 is 3.62. The van der Waals surface area contributed by atoms with Gasteiger partial charge < -0.3 is 14.4 Å². The van der Waals surface area contributed by atoms with Crippen LogP contribution in [0.15, 0.2) is 83.3 Å². The number of halogens is 1. The van der Waals surface area contributed by atoms with Crippen molar-refractivity contribution in [3.63, 3.8) is 0 Å². The summed E-state index contributed by atoms with van der Waals surface area (Å²) in [6.45, 7) is 2.54. The maximum Gasteiger partial charge on any atom is 0.218 e. The van der Waals surface area contributed by atoms with Crippen LogP contribution in [0.2, 0.25) is 0 Å². The van der Waals surface area contributed by atoms with E-state index in [0.717, 1.165) is 46.3 Å². The van der Waals surface area contributed by atoms with Gasteiger partial charge in [0.1, 0.15) is 5.75 Å². The lowest BCUT2D eigenvalue weighted by atomic mass is 9.95. The molecule has 0 amide bonds. The second-order valence-corrected chi connectivity index (χ2v) is 9.78. The summed E-state index contributed by atoms with van der Waals surface area (Å²) in [7, 11) is 7.62. The number of rotatable bonds is 10. The Labute approximate surface area is 216 Å². The summed E-state index contributed by atoms with van der Waals surface area (Å²) in [5.74, 6) is 1.51. The molecule has 0 aliphatic rings. The van der Waals surface area contributed by atoms with Crippen LogP contribution < -0.4 is 9.47 Å². The molecular formula is C29H32BrN3O2. The van der Waals surface area contributed by atoms with Crippen LogP contribution in [-0.4, -0.2) is 56.2 Å². The van der Waals surface area contributed by atoms with Gasteiger partial charge in [-0.2, -0.15) is 0 Å². The number of ether oxygens (including phenoxy) is 2. The summed E-state index contributed by atoms with van der Waals surface area (Å²) in [6, 6.07) is 27.2. The zero-order valence-corrected chi connectivity index (χ0v) is 22.3. The normalized spacial score (nSPS) is 12.3. The molecule has 0 radical (unpaired) electrons. The third-order valence-corrected chi connectivity index (χ3v) is 6.59. The van der Waals surface area contributed by atoms with Crippen molar-refractivity contribution in [3.8, 4) is 11.6 Å². The lowest BCUT2D eigenvalue weighted by Gasteiger charge is -2.34. The molecule has 0 spiro atoms. The van der Waals surface area contributed by atoms with Crippen molar-refractivity contribution >= 4 is 26.8 Å². The number of nitrogens with zero attached hydrogens (tertiary/aromatic N) is 3. The standard InChI is InChI=1S/C29H32BrN3O2/c1-32(2)15-16-33(20-21-9-8-12-25(17-21)34-3)28(22-10-6-5-7-11-22)26-19-23-18-24(30)13-14-27(23)31-29(26)35-4/h5-14,17-19,28H,15-16,20H2,1-4H3. The van der Waals surface area contributed by atoms with Gasteiger partial charge >= 0.3 is 0 Å². The number of pyridine rings is 1. The Kier molecular flexibility index (Phi) is 8.39. The third-order valence-electron chi connectivity index (χ3n) is 6.09. The third kappa shape index (κ3) is 6.20. The van der Waals surface area contributed by atoms with Gasteiger partial charge in [0, 0.05) is 35.1 Å². The van der Waals surface area contributed by atoms with Crippen LogP contribution in [-0.2, 0) is 6.54 Å². The fourth-order valence-electron chi connectivity index (χ4n) is 4.36. The highest BCUT2D eigenvalue weighted by atomic mass is 79.9. The van der Waals surface area contributed by atoms with Crippen LogP contribution in [0, 0.1) is 0 Å². The first kappa shape index (κ1) is 25.2. The lowest BCUT2D eigenvalue weighted by molar-refractivity contribution is 0.190. The maximum absolute atomic E-state index is 5.87. The quantitative estimate of drug-likeness (QED) is 0.243. The molecule has 1 aromatic heterocycles. The van der Waals surface area contributed by atoms with Gasteiger partial charge in [-0.05, 0) is 61.6 Å². The number of likely N-dealkylation sites (N-methyl/N-ethyl adjacent to an activating group) is 1. The van der Waals surface area contributed by atoms with Crippen molar-refractivity contribution in [3.05, 3.63) is 100 Å². The van der Waals surface area contributed by atoms with E-state index in [-0.39, 0.29) is 6.04 Å². The summed E-state index contributed by atoms with van der Waals surface area (Å²) in [6.07, 6.45) is 0. The molecule has 3 aromatic carbocycles. The van der Waals surface area contributed by atoms with E-state index >= 15 is 0 Å².